The maximum Gasteiger partial charge on any atom is 0.300 e. The van der Waals surface area contributed by atoms with E-state index in [2.05, 4.69) is 0 Å². The van der Waals surface area contributed by atoms with E-state index in [0.717, 1.165) is 0 Å². The van der Waals surface area contributed by atoms with Gasteiger partial charge in [-0.2, -0.15) is 0 Å². The van der Waals surface area contributed by atoms with Crippen LogP contribution in [0.2, 0.25) is 0 Å². The first-order chi connectivity index (χ1) is 7.40. The molecule has 0 spiro atoms. The molecule has 9 nitrogen and oxygen atoms in total. The number of nitro groups is 1. The molecule has 0 saturated carbocycles. The van der Waals surface area contributed by atoms with Crippen molar-refractivity contribution in [1.82, 2.24) is 4.73 Å². The second-order valence-electron chi connectivity index (χ2n) is 2.74. The number of aldehydes is 1. The van der Waals surface area contributed by atoms with Gasteiger partial charge in [-0.05, 0) is 0 Å². The van der Waals surface area contributed by atoms with E-state index in [1.807, 2.05) is 0 Å². The number of carbonyl (C=O) groups excluding carboxylic acids is 1. The van der Waals surface area contributed by atoms with Gasteiger partial charge in [-0.1, -0.05) is 0 Å². The van der Waals surface area contributed by atoms with Crippen LogP contribution in [-0.4, -0.2) is 31.4 Å². The van der Waals surface area contributed by atoms with E-state index in [9.17, 15) is 19.7 Å². The molecule has 16 heavy (non-hydrogen) atoms. The molecular formula is C7H6N2O7. The van der Waals surface area contributed by atoms with E-state index in [4.69, 9.17) is 15.4 Å². The highest BCUT2D eigenvalue weighted by atomic mass is 16.6. The van der Waals surface area contributed by atoms with Crippen molar-refractivity contribution in [3.05, 3.63) is 37.8 Å². The largest absolute Gasteiger partial charge is 0.425 e. The first-order valence-electron chi connectivity index (χ1n) is 3.84. The van der Waals surface area contributed by atoms with Crippen LogP contribution in [0.3, 0.4) is 0 Å². The maximum atomic E-state index is 11.2. The van der Waals surface area contributed by atoms with Gasteiger partial charge < -0.3 is 15.4 Å². The third-order valence-corrected chi connectivity index (χ3v) is 1.82. The normalized spacial score (nSPS) is 10.4. The number of hydrogen-bond donors (Lipinski definition) is 3. The minimum Gasteiger partial charge on any atom is -0.425 e. The Bertz CT molecular complexity index is 504. The monoisotopic (exact) mass is 230 g/mol. The van der Waals surface area contributed by atoms with Gasteiger partial charge in [-0.3, -0.25) is 19.7 Å². The highest BCUT2D eigenvalue weighted by Crippen LogP contribution is 2.20. The summed E-state index contributed by atoms with van der Waals surface area (Å²) in [5, 5.41) is 37.0. The van der Waals surface area contributed by atoms with Crippen molar-refractivity contribution in [2.45, 2.75) is 6.29 Å². The third kappa shape index (κ3) is 1.76. The van der Waals surface area contributed by atoms with Crippen LogP contribution < -0.4 is 5.56 Å². The van der Waals surface area contributed by atoms with Crippen LogP contribution in [-0.2, 0) is 0 Å². The van der Waals surface area contributed by atoms with Crippen molar-refractivity contribution >= 4 is 12.0 Å². The van der Waals surface area contributed by atoms with Gasteiger partial charge in [-0.15, -0.1) is 4.73 Å². The Hall–Kier alpha value is -2.26. The smallest absolute Gasteiger partial charge is 0.300 e. The minimum absolute atomic E-state index is 0.0612. The summed E-state index contributed by atoms with van der Waals surface area (Å²) in [5.41, 5.74) is -3.95. The Labute approximate surface area is 86.9 Å². The number of rotatable bonds is 3. The SMILES string of the molecule is O=Cc1c([N+](=O)[O-])cn(O)c(=O)c1C(O)O. The molecule has 1 heterocycles. The number of hydrogen-bond acceptors (Lipinski definition) is 7. The maximum absolute atomic E-state index is 11.2. The summed E-state index contributed by atoms with van der Waals surface area (Å²) in [5.74, 6) is 0. The van der Waals surface area contributed by atoms with Crippen molar-refractivity contribution in [2.24, 2.45) is 0 Å². The fourth-order valence-electron chi connectivity index (χ4n) is 1.14. The summed E-state index contributed by atoms with van der Waals surface area (Å²) < 4.78 is -0.195. The highest BCUT2D eigenvalue weighted by molar-refractivity contribution is 5.83. The van der Waals surface area contributed by atoms with Crippen LogP contribution in [0.15, 0.2) is 11.0 Å². The molecule has 0 aliphatic rings. The zero-order valence-electron chi connectivity index (χ0n) is 7.60. The summed E-state index contributed by atoms with van der Waals surface area (Å²) in [6.07, 6.45) is -2.06. The van der Waals surface area contributed by atoms with Gasteiger partial charge in [0.2, 0.25) is 0 Å². The quantitative estimate of drug-likeness (QED) is 0.194. The van der Waals surface area contributed by atoms with Gasteiger partial charge in [0.05, 0.1) is 10.5 Å². The number of carbonyl (C=O) groups is 1. The van der Waals surface area contributed by atoms with Crippen molar-refractivity contribution in [2.75, 3.05) is 0 Å². The molecule has 86 valence electrons. The van der Waals surface area contributed by atoms with Gasteiger partial charge in [-0.25, -0.2) is 0 Å². The Morgan fingerprint density at radius 2 is 2.06 bits per heavy atom. The Balaban J connectivity index is 3.76. The van der Waals surface area contributed by atoms with Crippen LogP contribution in [0.4, 0.5) is 5.69 Å². The van der Waals surface area contributed by atoms with E-state index in [-0.39, 0.29) is 11.0 Å². The summed E-state index contributed by atoms with van der Waals surface area (Å²) in [4.78, 5) is 31.2. The zero-order chi connectivity index (χ0) is 12.5. The molecule has 0 saturated heterocycles. The highest BCUT2D eigenvalue weighted by Gasteiger charge is 2.26. The second-order valence-corrected chi connectivity index (χ2v) is 2.74. The molecule has 1 rings (SSSR count). The van der Waals surface area contributed by atoms with Crippen molar-refractivity contribution in [3.8, 4) is 0 Å². The first kappa shape index (κ1) is 11.8. The van der Waals surface area contributed by atoms with E-state index in [0.29, 0.717) is 6.20 Å². The molecule has 0 bridgehead atoms. The van der Waals surface area contributed by atoms with E-state index in [1.54, 1.807) is 0 Å². The Kier molecular flexibility index (Phi) is 3.01. The fraction of sp³-hybridized carbons (Fsp3) is 0.143. The molecule has 9 heteroatoms. The number of aliphatic hydroxyl groups excluding tert-OH is 1. The Morgan fingerprint density at radius 1 is 1.50 bits per heavy atom. The number of aromatic nitrogens is 1. The summed E-state index contributed by atoms with van der Waals surface area (Å²) in [7, 11) is 0. The van der Waals surface area contributed by atoms with Gasteiger partial charge in [0.15, 0.2) is 12.6 Å². The molecule has 0 fully saturated rings. The second kappa shape index (κ2) is 4.08. The lowest BCUT2D eigenvalue weighted by atomic mass is 10.1. The number of pyridine rings is 1. The van der Waals surface area contributed by atoms with Crippen LogP contribution in [0.25, 0.3) is 0 Å². The van der Waals surface area contributed by atoms with E-state index < -0.39 is 33.6 Å². The molecule has 0 aliphatic heterocycles. The fourth-order valence-corrected chi connectivity index (χ4v) is 1.14. The third-order valence-electron chi connectivity index (χ3n) is 1.82. The lowest BCUT2D eigenvalue weighted by Gasteiger charge is -2.07. The predicted octanol–water partition coefficient (Wildman–Crippen LogP) is -1.21. The van der Waals surface area contributed by atoms with Gasteiger partial charge >= 0.3 is 0 Å². The van der Waals surface area contributed by atoms with E-state index >= 15 is 0 Å². The standard InChI is InChI=1S/C7H6N2O7/c10-2-3-4(9(15)16)1-8(14)6(11)5(3)7(12)13/h1-2,7,12-14H. The Morgan fingerprint density at radius 3 is 2.44 bits per heavy atom. The molecule has 1 aromatic rings. The number of nitrogens with zero attached hydrogens (tertiary/aromatic N) is 2. The lowest BCUT2D eigenvalue weighted by Crippen LogP contribution is -2.26. The van der Waals surface area contributed by atoms with Crippen molar-refractivity contribution in [1.29, 1.82) is 0 Å². The molecule has 0 unspecified atom stereocenters. The molecule has 0 aliphatic carbocycles. The van der Waals surface area contributed by atoms with Crippen molar-refractivity contribution in [3.63, 3.8) is 0 Å². The van der Waals surface area contributed by atoms with Crippen LogP contribution in [0.1, 0.15) is 22.2 Å². The van der Waals surface area contributed by atoms with Crippen molar-refractivity contribution < 1.29 is 25.1 Å². The van der Waals surface area contributed by atoms with Crippen LogP contribution in [0.5, 0.6) is 0 Å². The lowest BCUT2D eigenvalue weighted by molar-refractivity contribution is -0.386. The van der Waals surface area contributed by atoms with Crippen LogP contribution >= 0.6 is 0 Å². The molecule has 0 amide bonds. The van der Waals surface area contributed by atoms with Gasteiger partial charge in [0.1, 0.15) is 11.8 Å². The molecule has 3 N–H and O–H groups in total. The first-order valence-corrected chi connectivity index (χ1v) is 3.84. The molecule has 0 radical (unpaired) electrons. The average Bonchev–Trinajstić information content (AvgIpc) is 2.20. The topological polar surface area (TPSA) is 143 Å². The zero-order valence-corrected chi connectivity index (χ0v) is 7.60. The molecule has 1 aromatic heterocycles. The summed E-state index contributed by atoms with van der Waals surface area (Å²) >= 11 is 0. The number of aliphatic hydroxyl groups is 2. The summed E-state index contributed by atoms with van der Waals surface area (Å²) in [6, 6.07) is 0. The molecule has 0 atom stereocenters. The average molecular weight is 230 g/mol. The van der Waals surface area contributed by atoms with Gasteiger partial charge in [0, 0.05) is 0 Å². The molecule has 0 aromatic carbocycles. The summed E-state index contributed by atoms with van der Waals surface area (Å²) in [6.45, 7) is 0. The van der Waals surface area contributed by atoms with E-state index in [1.165, 1.54) is 0 Å². The van der Waals surface area contributed by atoms with Crippen LogP contribution in [0, 0.1) is 10.1 Å². The van der Waals surface area contributed by atoms with Gasteiger partial charge in [0.25, 0.3) is 11.2 Å². The minimum atomic E-state index is -2.40. The predicted molar refractivity (Wildman–Crippen MR) is 47.1 cm³/mol. The molecular weight excluding hydrogens is 224 g/mol.